The molecular formula is C8H6BrNO2S2. The van der Waals surface area contributed by atoms with Gasteiger partial charge in [0.15, 0.2) is 4.75 Å². The second-order valence-corrected chi connectivity index (χ2v) is 8.12. The molecule has 0 aliphatic heterocycles. The SMILES string of the molecule is N#CC1(S(=O)(=O)c2ccc(Br)s2)CC1. The Morgan fingerprint density at radius 2 is 2.14 bits per heavy atom. The van der Waals surface area contributed by atoms with Crippen molar-refractivity contribution in [1.29, 1.82) is 5.26 Å². The molecule has 14 heavy (non-hydrogen) atoms. The fraction of sp³-hybridized carbons (Fsp3) is 0.375. The minimum Gasteiger partial charge on any atom is -0.221 e. The van der Waals surface area contributed by atoms with E-state index in [0.29, 0.717) is 12.8 Å². The third-order valence-corrected chi connectivity index (χ3v) is 6.76. The summed E-state index contributed by atoms with van der Waals surface area (Å²) in [5, 5.41) is 8.82. The lowest BCUT2D eigenvalue weighted by Gasteiger charge is -2.04. The van der Waals surface area contributed by atoms with Gasteiger partial charge in [-0.25, -0.2) is 8.42 Å². The largest absolute Gasteiger partial charge is 0.221 e. The monoisotopic (exact) mass is 291 g/mol. The highest BCUT2D eigenvalue weighted by molar-refractivity contribution is 9.11. The lowest BCUT2D eigenvalue weighted by Crippen LogP contribution is -2.19. The highest BCUT2D eigenvalue weighted by Gasteiger charge is 2.56. The first-order chi connectivity index (χ1) is 6.52. The Bertz CT molecular complexity index is 508. The fourth-order valence-electron chi connectivity index (χ4n) is 1.19. The van der Waals surface area contributed by atoms with E-state index in [2.05, 4.69) is 15.9 Å². The summed E-state index contributed by atoms with van der Waals surface area (Å²) >= 11 is 4.36. The van der Waals surface area contributed by atoms with Crippen molar-refractivity contribution in [2.75, 3.05) is 0 Å². The molecule has 0 unspecified atom stereocenters. The molecule has 1 aliphatic rings. The topological polar surface area (TPSA) is 57.9 Å². The summed E-state index contributed by atoms with van der Waals surface area (Å²) in [5.41, 5.74) is 0. The first kappa shape index (κ1) is 10.1. The van der Waals surface area contributed by atoms with E-state index in [0.717, 1.165) is 15.1 Å². The van der Waals surface area contributed by atoms with Gasteiger partial charge in [-0.05, 0) is 40.9 Å². The van der Waals surface area contributed by atoms with Crippen molar-refractivity contribution < 1.29 is 8.42 Å². The van der Waals surface area contributed by atoms with Crippen LogP contribution in [0.3, 0.4) is 0 Å². The highest BCUT2D eigenvalue weighted by Crippen LogP contribution is 2.47. The smallest absolute Gasteiger partial charge is 0.206 e. The third kappa shape index (κ3) is 1.31. The lowest BCUT2D eigenvalue weighted by atomic mass is 10.5. The normalized spacial score (nSPS) is 18.9. The molecule has 74 valence electrons. The Balaban J connectivity index is 2.50. The number of halogens is 1. The zero-order chi connectivity index (χ0) is 10.4. The van der Waals surface area contributed by atoms with Gasteiger partial charge in [0.05, 0.1) is 9.86 Å². The summed E-state index contributed by atoms with van der Waals surface area (Å²) in [6, 6.07) is 5.13. The van der Waals surface area contributed by atoms with Crippen LogP contribution in [-0.4, -0.2) is 13.2 Å². The van der Waals surface area contributed by atoms with Crippen LogP contribution in [0.15, 0.2) is 20.1 Å². The molecule has 0 saturated heterocycles. The van der Waals surface area contributed by atoms with E-state index in [-0.39, 0.29) is 4.21 Å². The van der Waals surface area contributed by atoms with Gasteiger partial charge >= 0.3 is 0 Å². The highest BCUT2D eigenvalue weighted by atomic mass is 79.9. The number of nitrogens with zero attached hydrogens (tertiary/aromatic N) is 1. The average molecular weight is 292 g/mol. The van der Waals surface area contributed by atoms with Crippen molar-refractivity contribution in [3.8, 4) is 6.07 Å². The van der Waals surface area contributed by atoms with Gasteiger partial charge in [-0.15, -0.1) is 11.3 Å². The van der Waals surface area contributed by atoms with E-state index >= 15 is 0 Å². The molecule has 1 aliphatic carbocycles. The molecule has 1 heterocycles. The van der Waals surface area contributed by atoms with E-state index in [1.54, 1.807) is 12.1 Å². The van der Waals surface area contributed by atoms with E-state index in [1.807, 2.05) is 6.07 Å². The van der Waals surface area contributed by atoms with Gasteiger partial charge in [-0.2, -0.15) is 5.26 Å². The van der Waals surface area contributed by atoms with Crippen molar-refractivity contribution in [1.82, 2.24) is 0 Å². The van der Waals surface area contributed by atoms with Crippen LogP contribution in [-0.2, 0) is 9.84 Å². The molecule has 6 heteroatoms. The second kappa shape index (κ2) is 3.05. The van der Waals surface area contributed by atoms with Crippen molar-refractivity contribution >= 4 is 37.1 Å². The van der Waals surface area contributed by atoms with Crippen molar-refractivity contribution in [3.63, 3.8) is 0 Å². The van der Waals surface area contributed by atoms with Crippen LogP contribution in [0.5, 0.6) is 0 Å². The first-order valence-electron chi connectivity index (χ1n) is 3.93. The molecule has 0 radical (unpaired) electrons. The Morgan fingerprint density at radius 3 is 2.50 bits per heavy atom. The second-order valence-electron chi connectivity index (χ2n) is 3.17. The van der Waals surface area contributed by atoms with Gasteiger partial charge in [0, 0.05) is 0 Å². The maximum Gasteiger partial charge on any atom is 0.206 e. The van der Waals surface area contributed by atoms with Crippen LogP contribution < -0.4 is 0 Å². The average Bonchev–Trinajstić information content (AvgIpc) is 2.84. The summed E-state index contributed by atoms with van der Waals surface area (Å²) in [6.07, 6.45) is 0.919. The number of nitriles is 1. The van der Waals surface area contributed by atoms with Gasteiger partial charge in [-0.3, -0.25) is 0 Å². The standard InChI is InChI=1S/C8H6BrNO2S2/c9-6-1-2-7(13-6)14(11,12)8(5-10)3-4-8/h1-2H,3-4H2. The number of rotatable bonds is 2. The lowest BCUT2D eigenvalue weighted by molar-refractivity contribution is 0.590. The quantitative estimate of drug-likeness (QED) is 0.840. The third-order valence-electron chi connectivity index (χ3n) is 2.24. The zero-order valence-electron chi connectivity index (χ0n) is 7.03. The fourth-order valence-corrected chi connectivity index (χ4v) is 5.21. The maximum atomic E-state index is 11.9. The summed E-state index contributed by atoms with van der Waals surface area (Å²) < 4.78 is 23.8. The van der Waals surface area contributed by atoms with Crippen LogP contribution >= 0.6 is 27.3 Å². The molecule has 0 N–H and O–H groups in total. The van der Waals surface area contributed by atoms with Gasteiger partial charge in [0.1, 0.15) is 4.21 Å². The van der Waals surface area contributed by atoms with Gasteiger partial charge in [0.2, 0.25) is 9.84 Å². The predicted octanol–water partition coefficient (Wildman–Crippen LogP) is 2.34. The minimum absolute atomic E-state index is 0.281. The molecule has 1 aromatic heterocycles. The van der Waals surface area contributed by atoms with Crippen LogP contribution in [0.2, 0.25) is 0 Å². The molecule has 0 bridgehead atoms. The molecule has 2 rings (SSSR count). The molecule has 0 atom stereocenters. The van der Waals surface area contributed by atoms with Gasteiger partial charge < -0.3 is 0 Å². The van der Waals surface area contributed by atoms with Crippen molar-refractivity contribution in [2.24, 2.45) is 0 Å². The van der Waals surface area contributed by atoms with Gasteiger partial charge in [0.25, 0.3) is 0 Å². The molecule has 1 fully saturated rings. The Labute approximate surface area is 94.4 Å². The van der Waals surface area contributed by atoms with Crippen molar-refractivity contribution in [3.05, 3.63) is 15.9 Å². The van der Waals surface area contributed by atoms with Crippen LogP contribution in [0.1, 0.15) is 12.8 Å². The van der Waals surface area contributed by atoms with E-state index in [1.165, 1.54) is 0 Å². The predicted molar refractivity (Wildman–Crippen MR) is 56.8 cm³/mol. The molecule has 0 aromatic carbocycles. The Morgan fingerprint density at radius 1 is 1.50 bits per heavy atom. The first-order valence-corrected chi connectivity index (χ1v) is 7.02. The molecule has 3 nitrogen and oxygen atoms in total. The Hall–Kier alpha value is -0.380. The van der Waals surface area contributed by atoms with E-state index in [4.69, 9.17) is 5.26 Å². The van der Waals surface area contributed by atoms with E-state index < -0.39 is 14.6 Å². The number of hydrogen-bond donors (Lipinski definition) is 0. The van der Waals surface area contributed by atoms with Crippen molar-refractivity contribution in [2.45, 2.75) is 21.8 Å². The molecule has 1 aromatic rings. The van der Waals surface area contributed by atoms with Crippen LogP contribution in [0, 0.1) is 11.3 Å². The number of hydrogen-bond acceptors (Lipinski definition) is 4. The zero-order valence-corrected chi connectivity index (χ0v) is 10.2. The Kier molecular flexibility index (Phi) is 2.21. The molecule has 0 spiro atoms. The maximum absolute atomic E-state index is 11.9. The summed E-state index contributed by atoms with van der Waals surface area (Å²) in [7, 11) is -3.43. The minimum atomic E-state index is -3.43. The van der Waals surface area contributed by atoms with Gasteiger partial charge in [-0.1, -0.05) is 0 Å². The van der Waals surface area contributed by atoms with Crippen LogP contribution in [0.25, 0.3) is 0 Å². The number of thiophene rings is 1. The number of sulfone groups is 1. The molecular weight excluding hydrogens is 286 g/mol. The summed E-state index contributed by atoms with van der Waals surface area (Å²) in [6.45, 7) is 0. The summed E-state index contributed by atoms with van der Waals surface area (Å²) in [4.78, 5) is 0. The van der Waals surface area contributed by atoms with Crippen LogP contribution in [0.4, 0.5) is 0 Å². The van der Waals surface area contributed by atoms with E-state index in [9.17, 15) is 8.42 Å². The molecule has 0 amide bonds. The molecule has 1 saturated carbocycles. The summed E-state index contributed by atoms with van der Waals surface area (Å²) in [5.74, 6) is 0.